The lowest BCUT2D eigenvalue weighted by atomic mass is 9.81. The summed E-state index contributed by atoms with van der Waals surface area (Å²) in [5.74, 6) is 0. The second kappa shape index (κ2) is 4.06. The molecule has 0 N–H and O–H groups in total. The first-order valence-corrected chi connectivity index (χ1v) is 6.34. The van der Waals surface area contributed by atoms with Crippen LogP contribution >= 0.6 is 0 Å². The van der Waals surface area contributed by atoms with E-state index in [-0.39, 0.29) is 11.6 Å². The molecule has 3 rings (SSSR count). The van der Waals surface area contributed by atoms with Gasteiger partial charge in [0.25, 0.3) is 0 Å². The molecule has 1 aromatic carbocycles. The molecule has 1 aromatic rings. The number of nitrogens with zero attached hydrogens (tertiary/aromatic N) is 1. The first kappa shape index (κ1) is 10.6. The number of benzene rings is 1. The van der Waals surface area contributed by atoms with E-state index in [2.05, 4.69) is 0 Å². The van der Waals surface area contributed by atoms with Crippen LogP contribution in [0.4, 0.5) is 10.5 Å². The molecular weight excluding hydrogens is 214 g/mol. The van der Waals surface area contributed by atoms with Gasteiger partial charge in [-0.05, 0) is 25.0 Å². The van der Waals surface area contributed by atoms with Gasteiger partial charge in [0.15, 0.2) is 0 Å². The minimum atomic E-state index is -0.182. The van der Waals surface area contributed by atoms with Crippen LogP contribution in [0.15, 0.2) is 30.3 Å². The zero-order valence-electron chi connectivity index (χ0n) is 9.89. The van der Waals surface area contributed by atoms with Gasteiger partial charge in [0.05, 0.1) is 5.54 Å². The van der Waals surface area contributed by atoms with Crippen LogP contribution in [0.3, 0.4) is 0 Å². The standard InChI is InChI=1S/C14H17NO2/c16-13-15(12-7-3-1-4-8-12)14(11-17-13)9-5-2-6-10-14/h1,3-4,7-8H,2,5-6,9-11H2. The van der Waals surface area contributed by atoms with Gasteiger partial charge >= 0.3 is 6.09 Å². The molecule has 0 unspecified atom stereocenters. The van der Waals surface area contributed by atoms with Gasteiger partial charge in [-0.25, -0.2) is 4.79 Å². The number of para-hydroxylation sites is 1. The Bertz CT molecular complexity index is 409. The Kier molecular flexibility index (Phi) is 2.54. The van der Waals surface area contributed by atoms with Crippen LogP contribution in [0.5, 0.6) is 0 Å². The largest absolute Gasteiger partial charge is 0.447 e. The molecule has 1 saturated carbocycles. The fourth-order valence-corrected chi connectivity index (χ4v) is 3.05. The second-order valence-corrected chi connectivity index (χ2v) is 5.01. The van der Waals surface area contributed by atoms with Gasteiger partial charge in [-0.2, -0.15) is 0 Å². The second-order valence-electron chi connectivity index (χ2n) is 5.01. The van der Waals surface area contributed by atoms with Gasteiger partial charge in [-0.15, -0.1) is 0 Å². The van der Waals surface area contributed by atoms with Crippen LogP contribution in [0.25, 0.3) is 0 Å². The molecule has 0 radical (unpaired) electrons. The highest BCUT2D eigenvalue weighted by molar-refractivity contribution is 5.91. The number of carbonyl (C=O) groups is 1. The van der Waals surface area contributed by atoms with E-state index in [1.165, 1.54) is 19.3 Å². The molecule has 0 atom stereocenters. The fourth-order valence-electron chi connectivity index (χ4n) is 3.05. The minimum Gasteiger partial charge on any atom is -0.447 e. The molecule has 3 nitrogen and oxygen atoms in total. The number of rotatable bonds is 1. The van der Waals surface area contributed by atoms with E-state index in [0.29, 0.717) is 6.61 Å². The predicted molar refractivity (Wildman–Crippen MR) is 66.1 cm³/mol. The van der Waals surface area contributed by atoms with Crippen LogP contribution in [0, 0.1) is 0 Å². The van der Waals surface area contributed by atoms with Crippen molar-refractivity contribution in [2.45, 2.75) is 37.6 Å². The van der Waals surface area contributed by atoms with Gasteiger partial charge in [0.1, 0.15) is 6.61 Å². The summed E-state index contributed by atoms with van der Waals surface area (Å²) in [6.45, 7) is 0.556. The van der Waals surface area contributed by atoms with Crippen molar-refractivity contribution in [1.29, 1.82) is 0 Å². The number of hydrogen-bond acceptors (Lipinski definition) is 2. The van der Waals surface area contributed by atoms with Crippen molar-refractivity contribution < 1.29 is 9.53 Å². The van der Waals surface area contributed by atoms with Crippen LogP contribution < -0.4 is 4.90 Å². The summed E-state index contributed by atoms with van der Waals surface area (Å²) in [4.78, 5) is 13.8. The Morgan fingerprint density at radius 1 is 1.06 bits per heavy atom. The predicted octanol–water partition coefficient (Wildman–Crippen LogP) is 3.35. The maximum Gasteiger partial charge on any atom is 0.415 e. The van der Waals surface area contributed by atoms with Gasteiger partial charge in [0.2, 0.25) is 0 Å². The van der Waals surface area contributed by atoms with Crippen molar-refractivity contribution in [3.05, 3.63) is 30.3 Å². The average Bonchev–Trinajstić information content (AvgIpc) is 2.68. The third-order valence-electron chi connectivity index (χ3n) is 3.92. The Morgan fingerprint density at radius 2 is 1.76 bits per heavy atom. The number of ether oxygens (including phenoxy) is 1. The fraction of sp³-hybridized carbons (Fsp3) is 0.500. The van der Waals surface area contributed by atoms with Crippen molar-refractivity contribution in [3.63, 3.8) is 0 Å². The topological polar surface area (TPSA) is 29.5 Å². The molecule has 1 heterocycles. The van der Waals surface area contributed by atoms with Crippen molar-refractivity contribution >= 4 is 11.8 Å². The highest BCUT2D eigenvalue weighted by atomic mass is 16.6. The molecule has 3 heteroatoms. The average molecular weight is 231 g/mol. The molecule has 1 aliphatic heterocycles. The summed E-state index contributed by atoms with van der Waals surface area (Å²) in [5.41, 5.74) is 0.897. The number of amides is 1. The lowest BCUT2D eigenvalue weighted by Crippen LogP contribution is -2.48. The number of hydrogen-bond donors (Lipinski definition) is 0. The van der Waals surface area contributed by atoms with Gasteiger partial charge < -0.3 is 4.74 Å². The molecule has 1 aliphatic carbocycles. The van der Waals surface area contributed by atoms with Crippen LogP contribution in [-0.4, -0.2) is 18.2 Å². The summed E-state index contributed by atoms with van der Waals surface area (Å²) in [7, 11) is 0. The van der Waals surface area contributed by atoms with Gasteiger partial charge in [0, 0.05) is 5.69 Å². The van der Waals surface area contributed by atoms with E-state index in [9.17, 15) is 4.79 Å². The summed E-state index contributed by atoms with van der Waals surface area (Å²) in [6.07, 6.45) is 5.61. The first-order valence-electron chi connectivity index (χ1n) is 6.34. The quantitative estimate of drug-likeness (QED) is 0.741. The van der Waals surface area contributed by atoms with Gasteiger partial charge in [-0.3, -0.25) is 4.90 Å². The van der Waals surface area contributed by atoms with Crippen molar-refractivity contribution in [2.75, 3.05) is 11.5 Å². The van der Waals surface area contributed by atoms with Crippen LogP contribution in [-0.2, 0) is 4.74 Å². The summed E-state index contributed by atoms with van der Waals surface area (Å²) >= 11 is 0. The molecular formula is C14H17NO2. The molecule has 0 aromatic heterocycles. The van der Waals surface area contributed by atoms with Crippen LogP contribution in [0.1, 0.15) is 32.1 Å². The summed E-state index contributed by atoms with van der Waals surface area (Å²) in [6, 6.07) is 9.89. The minimum absolute atomic E-state index is 0.0727. The zero-order chi connectivity index (χ0) is 11.7. The van der Waals surface area contributed by atoms with Crippen molar-refractivity contribution in [1.82, 2.24) is 0 Å². The lowest BCUT2D eigenvalue weighted by Gasteiger charge is -2.38. The molecule has 2 aliphatic rings. The molecule has 2 fully saturated rings. The molecule has 0 bridgehead atoms. The summed E-state index contributed by atoms with van der Waals surface area (Å²) in [5, 5.41) is 0. The van der Waals surface area contributed by atoms with E-state index < -0.39 is 0 Å². The normalized spacial score (nSPS) is 22.8. The van der Waals surface area contributed by atoms with E-state index >= 15 is 0 Å². The molecule has 1 spiro atoms. The van der Waals surface area contributed by atoms with E-state index in [4.69, 9.17) is 4.74 Å². The maximum absolute atomic E-state index is 12.0. The molecule has 17 heavy (non-hydrogen) atoms. The maximum atomic E-state index is 12.0. The Labute approximate surface area is 101 Å². The third-order valence-corrected chi connectivity index (χ3v) is 3.92. The summed E-state index contributed by atoms with van der Waals surface area (Å²) < 4.78 is 5.30. The first-order chi connectivity index (χ1) is 8.32. The van der Waals surface area contributed by atoms with E-state index in [1.54, 1.807) is 0 Å². The Balaban J connectivity index is 1.97. The number of anilines is 1. The number of carbonyl (C=O) groups excluding carboxylic acids is 1. The van der Waals surface area contributed by atoms with E-state index in [0.717, 1.165) is 18.5 Å². The highest BCUT2D eigenvalue weighted by Crippen LogP contribution is 2.40. The van der Waals surface area contributed by atoms with Crippen molar-refractivity contribution in [3.8, 4) is 0 Å². The lowest BCUT2D eigenvalue weighted by molar-refractivity contribution is 0.165. The highest BCUT2D eigenvalue weighted by Gasteiger charge is 2.48. The third kappa shape index (κ3) is 1.70. The SMILES string of the molecule is O=C1OCC2(CCCCC2)N1c1ccccc1. The van der Waals surface area contributed by atoms with Crippen LogP contribution in [0.2, 0.25) is 0 Å². The molecule has 1 saturated heterocycles. The molecule has 90 valence electrons. The Morgan fingerprint density at radius 3 is 2.47 bits per heavy atom. The Hall–Kier alpha value is -1.51. The number of cyclic esters (lactones) is 1. The smallest absolute Gasteiger partial charge is 0.415 e. The van der Waals surface area contributed by atoms with Crippen molar-refractivity contribution in [2.24, 2.45) is 0 Å². The van der Waals surface area contributed by atoms with E-state index in [1.807, 2.05) is 35.2 Å². The monoisotopic (exact) mass is 231 g/mol. The zero-order valence-corrected chi connectivity index (χ0v) is 9.89. The molecule has 1 amide bonds. The van der Waals surface area contributed by atoms with Gasteiger partial charge in [-0.1, -0.05) is 37.5 Å².